The van der Waals surface area contributed by atoms with Gasteiger partial charge in [0.1, 0.15) is 24.0 Å². The minimum atomic E-state index is -0.140. The maximum Gasteiger partial charge on any atom is 0.251 e. The van der Waals surface area contributed by atoms with Crippen molar-refractivity contribution < 1.29 is 9.53 Å². The number of amides is 1. The van der Waals surface area contributed by atoms with Crippen LogP contribution in [-0.4, -0.2) is 33.1 Å². The Morgan fingerprint density at radius 3 is 3.04 bits per heavy atom. The summed E-state index contributed by atoms with van der Waals surface area (Å²) in [5, 5.41) is 2.93. The quantitative estimate of drug-likeness (QED) is 0.798. The number of fused-ring (bicyclic) bond motifs is 1. The van der Waals surface area contributed by atoms with Crippen molar-refractivity contribution in [3.8, 4) is 11.6 Å². The predicted molar refractivity (Wildman–Crippen MR) is 88.3 cm³/mol. The average Bonchev–Trinajstić information content (AvgIpc) is 3.29. The summed E-state index contributed by atoms with van der Waals surface area (Å²) >= 11 is 0. The SMILES string of the molecule is O=C(NC[C@@H]1Cc2ccccc2O1)c1ccnc(-n2ccnc2)c1. The zero-order valence-electron chi connectivity index (χ0n) is 12.9. The molecule has 1 amide bonds. The van der Waals surface area contributed by atoms with Crippen molar-refractivity contribution in [2.24, 2.45) is 0 Å². The zero-order valence-corrected chi connectivity index (χ0v) is 12.9. The number of aromatic nitrogens is 3. The molecular weight excluding hydrogens is 304 g/mol. The number of hydrogen-bond donors (Lipinski definition) is 1. The first-order valence-electron chi connectivity index (χ1n) is 7.77. The zero-order chi connectivity index (χ0) is 16.4. The lowest BCUT2D eigenvalue weighted by Gasteiger charge is -2.12. The fourth-order valence-corrected chi connectivity index (χ4v) is 2.77. The monoisotopic (exact) mass is 320 g/mol. The summed E-state index contributed by atoms with van der Waals surface area (Å²) in [4.78, 5) is 20.6. The Morgan fingerprint density at radius 1 is 1.29 bits per heavy atom. The van der Waals surface area contributed by atoms with E-state index in [0.29, 0.717) is 17.9 Å². The smallest absolute Gasteiger partial charge is 0.251 e. The molecule has 2 aromatic heterocycles. The van der Waals surface area contributed by atoms with Crippen LogP contribution >= 0.6 is 0 Å². The molecule has 1 aliphatic heterocycles. The number of pyridine rings is 1. The Bertz CT molecular complexity index is 836. The van der Waals surface area contributed by atoms with Gasteiger partial charge in [0.05, 0.1) is 6.54 Å². The largest absolute Gasteiger partial charge is 0.488 e. The summed E-state index contributed by atoms with van der Waals surface area (Å²) in [6.45, 7) is 0.468. The summed E-state index contributed by atoms with van der Waals surface area (Å²) in [7, 11) is 0. The van der Waals surface area contributed by atoms with Crippen molar-refractivity contribution in [2.45, 2.75) is 12.5 Å². The molecule has 4 rings (SSSR count). The number of carbonyl (C=O) groups excluding carboxylic acids is 1. The van der Waals surface area contributed by atoms with E-state index in [1.165, 1.54) is 5.56 Å². The normalized spacial score (nSPS) is 15.6. The number of para-hydroxylation sites is 1. The van der Waals surface area contributed by atoms with E-state index in [2.05, 4.69) is 21.4 Å². The Kier molecular flexibility index (Phi) is 3.70. The maximum absolute atomic E-state index is 12.4. The third-order valence-corrected chi connectivity index (χ3v) is 3.98. The number of nitrogens with one attached hydrogen (secondary N) is 1. The van der Waals surface area contributed by atoms with Crippen molar-refractivity contribution >= 4 is 5.91 Å². The highest BCUT2D eigenvalue weighted by molar-refractivity contribution is 5.94. The first-order valence-corrected chi connectivity index (χ1v) is 7.77. The molecule has 3 heterocycles. The first-order chi connectivity index (χ1) is 11.8. The summed E-state index contributed by atoms with van der Waals surface area (Å²) in [5.41, 5.74) is 1.74. The maximum atomic E-state index is 12.4. The van der Waals surface area contributed by atoms with Crippen molar-refractivity contribution in [1.29, 1.82) is 0 Å². The second-order valence-electron chi connectivity index (χ2n) is 5.63. The van der Waals surface area contributed by atoms with Crippen LogP contribution in [0.1, 0.15) is 15.9 Å². The Labute approximate surface area is 139 Å². The van der Waals surface area contributed by atoms with Crippen molar-refractivity contribution in [3.63, 3.8) is 0 Å². The minimum Gasteiger partial charge on any atom is -0.488 e. The number of hydrogen-bond acceptors (Lipinski definition) is 4. The van der Waals surface area contributed by atoms with Crippen LogP contribution in [0.25, 0.3) is 5.82 Å². The van der Waals surface area contributed by atoms with Gasteiger partial charge in [0.15, 0.2) is 0 Å². The second kappa shape index (κ2) is 6.16. The van der Waals surface area contributed by atoms with Crippen LogP contribution in [0.4, 0.5) is 0 Å². The van der Waals surface area contributed by atoms with Gasteiger partial charge < -0.3 is 10.1 Å². The van der Waals surface area contributed by atoms with Gasteiger partial charge >= 0.3 is 0 Å². The van der Waals surface area contributed by atoms with Gasteiger partial charge in [-0.3, -0.25) is 9.36 Å². The van der Waals surface area contributed by atoms with Crippen molar-refractivity contribution in [3.05, 3.63) is 72.4 Å². The van der Waals surface area contributed by atoms with E-state index in [1.807, 2.05) is 18.2 Å². The number of benzene rings is 1. The molecule has 24 heavy (non-hydrogen) atoms. The first kappa shape index (κ1) is 14.4. The van der Waals surface area contributed by atoms with Gasteiger partial charge in [0.2, 0.25) is 0 Å². The van der Waals surface area contributed by atoms with Crippen molar-refractivity contribution in [2.75, 3.05) is 6.54 Å². The van der Waals surface area contributed by atoms with E-state index in [1.54, 1.807) is 41.6 Å². The molecule has 1 N–H and O–H groups in total. The molecule has 0 radical (unpaired) electrons. The third-order valence-electron chi connectivity index (χ3n) is 3.98. The fraction of sp³-hybridized carbons (Fsp3) is 0.167. The molecule has 0 saturated heterocycles. The lowest BCUT2D eigenvalue weighted by molar-refractivity contribution is 0.0933. The van der Waals surface area contributed by atoms with Crippen LogP contribution in [0.15, 0.2) is 61.3 Å². The van der Waals surface area contributed by atoms with Gasteiger partial charge in [0.25, 0.3) is 5.91 Å². The molecule has 6 heteroatoms. The molecule has 0 saturated carbocycles. The second-order valence-corrected chi connectivity index (χ2v) is 5.63. The summed E-state index contributed by atoms with van der Waals surface area (Å²) in [6.07, 6.45) is 7.51. The molecule has 1 atom stereocenters. The lowest BCUT2D eigenvalue weighted by atomic mass is 10.1. The lowest BCUT2D eigenvalue weighted by Crippen LogP contribution is -2.34. The van der Waals surface area contributed by atoms with E-state index >= 15 is 0 Å². The molecule has 0 fully saturated rings. The topological polar surface area (TPSA) is 69.0 Å². The van der Waals surface area contributed by atoms with Crippen LogP contribution in [0, 0.1) is 0 Å². The standard InChI is InChI=1S/C18H16N4O2/c23-18(14-5-6-20-17(10-14)22-8-7-19-12-22)21-11-15-9-13-3-1-2-4-16(13)24-15/h1-8,10,12,15H,9,11H2,(H,21,23)/t15-/m0/s1. The van der Waals surface area contributed by atoms with Gasteiger partial charge in [-0.15, -0.1) is 0 Å². The van der Waals surface area contributed by atoms with Gasteiger partial charge in [0, 0.05) is 30.6 Å². The van der Waals surface area contributed by atoms with E-state index in [4.69, 9.17) is 4.74 Å². The Morgan fingerprint density at radius 2 is 2.21 bits per heavy atom. The molecule has 0 spiro atoms. The highest BCUT2D eigenvalue weighted by atomic mass is 16.5. The summed E-state index contributed by atoms with van der Waals surface area (Å²) in [5.74, 6) is 1.42. The molecule has 0 unspecified atom stereocenters. The Hall–Kier alpha value is -3.15. The minimum absolute atomic E-state index is 0.0266. The van der Waals surface area contributed by atoms with Gasteiger partial charge in [-0.1, -0.05) is 18.2 Å². The molecule has 1 aliphatic rings. The molecular formula is C18H16N4O2. The van der Waals surface area contributed by atoms with Crippen LogP contribution < -0.4 is 10.1 Å². The molecule has 0 bridgehead atoms. The highest BCUT2D eigenvalue weighted by Crippen LogP contribution is 2.27. The fourth-order valence-electron chi connectivity index (χ4n) is 2.77. The molecule has 0 aliphatic carbocycles. The van der Waals surface area contributed by atoms with Crippen LogP contribution in [0.5, 0.6) is 5.75 Å². The number of imidazole rings is 1. The Balaban J connectivity index is 1.40. The molecule has 1 aromatic carbocycles. The van der Waals surface area contributed by atoms with Gasteiger partial charge in [-0.2, -0.15) is 0 Å². The molecule has 6 nitrogen and oxygen atoms in total. The van der Waals surface area contributed by atoms with Crippen LogP contribution in [0.2, 0.25) is 0 Å². The summed E-state index contributed by atoms with van der Waals surface area (Å²) in [6, 6.07) is 11.4. The van der Waals surface area contributed by atoms with Crippen LogP contribution in [0.3, 0.4) is 0 Å². The number of ether oxygens (including phenoxy) is 1. The van der Waals surface area contributed by atoms with Crippen LogP contribution in [-0.2, 0) is 6.42 Å². The van der Waals surface area contributed by atoms with Crippen molar-refractivity contribution in [1.82, 2.24) is 19.9 Å². The third kappa shape index (κ3) is 2.86. The number of nitrogens with zero attached hydrogens (tertiary/aromatic N) is 3. The number of carbonyl (C=O) groups is 1. The van der Waals surface area contributed by atoms with Gasteiger partial charge in [-0.25, -0.2) is 9.97 Å². The average molecular weight is 320 g/mol. The van der Waals surface area contributed by atoms with E-state index in [9.17, 15) is 4.79 Å². The van der Waals surface area contributed by atoms with E-state index in [0.717, 1.165) is 12.2 Å². The predicted octanol–water partition coefficient (Wildman–Crippen LogP) is 2.00. The highest BCUT2D eigenvalue weighted by Gasteiger charge is 2.22. The van der Waals surface area contributed by atoms with E-state index < -0.39 is 0 Å². The molecule has 120 valence electrons. The number of rotatable bonds is 4. The molecule has 3 aromatic rings. The summed E-state index contributed by atoms with van der Waals surface area (Å²) < 4.78 is 7.59. The van der Waals surface area contributed by atoms with Gasteiger partial charge in [-0.05, 0) is 23.8 Å². The van der Waals surface area contributed by atoms with E-state index in [-0.39, 0.29) is 12.0 Å².